The molecule has 0 saturated carbocycles. The van der Waals surface area contributed by atoms with Crippen molar-refractivity contribution in [3.8, 4) is 11.5 Å². The summed E-state index contributed by atoms with van der Waals surface area (Å²) in [6.45, 7) is 0. The molecule has 90 valence electrons. The van der Waals surface area contributed by atoms with Crippen LogP contribution in [0.4, 0.5) is 0 Å². The normalized spacial score (nSPS) is 14.5. The summed E-state index contributed by atoms with van der Waals surface area (Å²) < 4.78 is 4.92. The zero-order valence-electron chi connectivity index (χ0n) is 9.00. The van der Waals surface area contributed by atoms with Gasteiger partial charge in [0.05, 0.1) is 13.2 Å². The first-order chi connectivity index (χ1) is 7.61. The van der Waals surface area contributed by atoms with Crippen molar-refractivity contribution in [3.63, 3.8) is 0 Å². The van der Waals surface area contributed by atoms with Crippen molar-refractivity contribution in [2.45, 2.75) is 18.6 Å². The lowest BCUT2D eigenvalue weighted by Crippen LogP contribution is -2.18. The summed E-state index contributed by atoms with van der Waals surface area (Å²) in [5.41, 5.74) is 0.258. The van der Waals surface area contributed by atoms with Crippen LogP contribution in [0.1, 0.15) is 18.1 Å². The van der Waals surface area contributed by atoms with Gasteiger partial charge in [-0.05, 0) is 18.2 Å². The number of hydrogen-bond donors (Lipinski definition) is 4. The number of aliphatic hydroxyl groups excluding tert-OH is 2. The Labute approximate surface area is 99.9 Å². The molecule has 1 rings (SSSR count). The molecule has 2 unspecified atom stereocenters. The van der Waals surface area contributed by atoms with E-state index in [1.807, 2.05) is 0 Å². The predicted octanol–water partition coefficient (Wildman–Crippen LogP) is 1.11. The topological polar surface area (TPSA) is 69.9 Å². The van der Waals surface area contributed by atoms with Crippen molar-refractivity contribution in [3.05, 3.63) is 23.8 Å². The van der Waals surface area contributed by atoms with Gasteiger partial charge in [0, 0.05) is 5.56 Å². The minimum Gasteiger partial charge on any atom is -0.504 e. The van der Waals surface area contributed by atoms with E-state index in [4.69, 9.17) is 4.74 Å². The van der Waals surface area contributed by atoms with Crippen molar-refractivity contribution in [1.82, 2.24) is 0 Å². The number of ether oxygens (including phenoxy) is 1. The zero-order chi connectivity index (χ0) is 12.1. The molecule has 0 aromatic heterocycles. The molecule has 0 fully saturated rings. The molecule has 4 nitrogen and oxygen atoms in total. The van der Waals surface area contributed by atoms with E-state index in [-0.39, 0.29) is 17.1 Å². The van der Waals surface area contributed by atoms with Crippen molar-refractivity contribution < 1.29 is 20.1 Å². The van der Waals surface area contributed by atoms with Crippen LogP contribution in [0.25, 0.3) is 0 Å². The molecule has 0 aliphatic rings. The summed E-state index contributed by atoms with van der Waals surface area (Å²) in [6, 6.07) is 4.77. The van der Waals surface area contributed by atoms with Gasteiger partial charge in [0.1, 0.15) is 6.10 Å². The fourth-order valence-corrected chi connectivity index (χ4v) is 1.70. The van der Waals surface area contributed by atoms with Crippen LogP contribution in [0.15, 0.2) is 18.2 Å². The average molecular weight is 244 g/mol. The smallest absolute Gasteiger partial charge is 0.163 e. The highest BCUT2D eigenvalue weighted by atomic mass is 32.1. The SMILES string of the molecule is COc1cccc(C(O)C(O)CCS)c1O. The van der Waals surface area contributed by atoms with Crippen molar-refractivity contribution in [2.75, 3.05) is 12.9 Å². The second-order valence-corrected chi connectivity index (χ2v) is 3.87. The number of phenols is 1. The Balaban J connectivity index is 2.94. The summed E-state index contributed by atoms with van der Waals surface area (Å²) in [7, 11) is 1.43. The summed E-state index contributed by atoms with van der Waals surface area (Å²) in [4.78, 5) is 0. The first kappa shape index (κ1) is 13.2. The third-order valence-corrected chi connectivity index (χ3v) is 2.62. The fourth-order valence-electron chi connectivity index (χ4n) is 1.44. The molecule has 0 aliphatic heterocycles. The molecule has 0 bridgehead atoms. The molecule has 0 heterocycles. The average Bonchev–Trinajstić information content (AvgIpc) is 2.29. The molecule has 1 aromatic carbocycles. The monoisotopic (exact) mass is 244 g/mol. The van der Waals surface area contributed by atoms with Gasteiger partial charge in [-0.1, -0.05) is 12.1 Å². The summed E-state index contributed by atoms with van der Waals surface area (Å²) in [5, 5.41) is 29.2. The van der Waals surface area contributed by atoms with Crippen LogP contribution in [-0.4, -0.2) is 34.3 Å². The van der Waals surface area contributed by atoms with Gasteiger partial charge < -0.3 is 20.1 Å². The second kappa shape index (κ2) is 5.98. The molecule has 0 amide bonds. The van der Waals surface area contributed by atoms with Gasteiger partial charge >= 0.3 is 0 Å². The molecular formula is C11H16O4S. The Bertz CT molecular complexity index is 343. The molecule has 0 spiro atoms. The molecule has 0 saturated heterocycles. The quantitative estimate of drug-likeness (QED) is 0.586. The first-order valence-corrected chi connectivity index (χ1v) is 5.58. The van der Waals surface area contributed by atoms with Crippen LogP contribution in [0, 0.1) is 0 Å². The molecule has 0 radical (unpaired) electrons. The molecule has 3 N–H and O–H groups in total. The minimum atomic E-state index is -1.14. The molecule has 0 aliphatic carbocycles. The van der Waals surface area contributed by atoms with Crippen LogP contribution in [0.3, 0.4) is 0 Å². The van der Waals surface area contributed by atoms with Gasteiger partial charge in [-0.3, -0.25) is 0 Å². The fraction of sp³-hybridized carbons (Fsp3) is 0.455. The Morgan fingerprint density at radius 2 is 2.06 bits per heavy atom. The molecule has 5 heteroatoms. The largest absolute Gasteiger partial charge is 0.504 e. The van der Waals surface area contributed by atoms with Gasteiger partial charge in [-0.15, -0.1) is 0 Å². The van der Waals surface area contributed by atoms with Crippen molar-refractivity contribution >= 4 is 12.6 Å². The van der Waals surface area contributed by atoms with E-state index >= 15 is 0 Å². The summed E-state index contributed by atoms with van der Waals surface area (Å²) in [6.07, 6.45) is -1.74. The maximum Gasteiger partial charge on any atom is 0.163 e. The summed E-state index contributed by atoms with van der Waals surface area (Å²) >= 11 is 3.97. The Kier molecular flexibility index (Phi) is 4.92. The molecular weight excluding hydrogens is 228 g/mol. The highest BCUT2D eigenvalue weighted by Crippen LogP contribution is 2.35. The van der Waals surface area contributed by atoms with Gasteiger partial charge in [0.15, 0.2) is 11.5 Å². The second-order valence-electron chi connectivity index (χ2n) is 3.42. The maximum atomic E-state index is 9.82. The zero-order valence-corrected chi connectivity index (χ0v) is 9.89. The number of methoxy groups -OCH3 is 1. The van der Waals surface area contributed by atoms with Crippen LogP contribution >= 0.6 is 12.6 Å². The van der Waals surface area contributed by atoms with E-state index in [9.17, 15) is 15.3 Å². The highest BCUT2D eigenvalue weighted by Gasteiger charge is 2.22. The Morgan fingerprint density at radius 3 is 2.62 bits per heavy atom. The number of aromatic hydroxyl groups is 1. The van der Waals surface area contributed by atoms with E-state index < -0.39 is 12.2 Å². The number of hydrogen-bond acceptors (Lipinski definition) is 5. The molecule has 1 aromatic rings. The van der Waals surface area contributed by atoms with E-state index in [1.165, 1.54) is 7.11 Å². The van der Waals surface area contributed by atoms with Crippen molar-refractivity contribution in [1.29, 1.82) is 0 Å². The van der Waals surface area contributed by atoms with E-state index in [0.717, 1.165) is 0 Å². The Hall–Kier alpha value is -0.910. The minimum absolute atomic E-state index is 0.143. The number of aliphatic hydroxyl groups is 2. The first-order valence-electron chi connectivity index (χ1n) is 4.94. The van der Waals surface area contributed by atoms with Crippen molar-refractivity contribution in [2.24, 2.45) is 0 Å². The van der Waals surface area contributed by atoms with Crippen LogP contribution < -0.4 is 4.74 Å². The summed E-state index contributed by atoms with van der Waals surface area (Å²) in [5.74, 6) is 0.591. The standard InChI is InChI=1S/C11H16O4S/c1-15-9-4-2-3-7(11(9)14)10(13)8(12)5-6-16/h2-4,8,10,12-14,16H,5-6H2,1H3. The highest BCUT2D eigenvalue weighted by molar-refractivity contribution is 7.80. The number of rotatable bonds is 5. The van der Waals surface area contributed by atoms with E-state index in [2.05, 4.69) is 12.6 Å². The van der Waals surface area contributed by atoms with Crippen LogP contribution in [-0.2, 0) is 0 Å². The van der Waals surface area contributed by atoms with Crippen LogP contribution in [0.5, 0.6) is 11.5 Å². The van der Waals surface area contributed by atoms with Crippen LogP contribution in [0.2, 0.25) is 0 Å². The Morgan fingerprint density at radius 1 is 1.38 bits per heavy atom. The number of phenolic OH excluding ortho intramolecular Hbond substituents is 1. The van der Waals surface area contributed by atoms with Gasteiger partial charge in [-0.2, -0.15) is 12.6 Å². The lowest BCUT2D eigenvalue weighted by molar-refractivity contribution is 0.0157. The number of para-hydroxylation sites is 1. The molecule has 16 heavy (non-hydrogen) atoms. The van der Waals surface area contributed by atoms with Gasteiger partial charge in [-0.25, -0.2) is 0 Å². The maximum absolute atomic E-state index is 9.82. The lowest BCUT2D eigenvalue weighted by atomic mass is 10.0. The van der Waals surface area contributed by atoms with E-state index in [1.54, 1.807) is 18.2 Å². The number of benzene rings is 1. The lowest BCUT2D eigenvalue weighted by Gasteiger charge is -2.19. The molecule has 2 atom stereocenters. The van der Waals surface area contributed by atoms with Gasteiger partial charge in [0.2, 0.25) is 0 Å². The third kappa shape index (κ3) is 2.81. The number of thiol groups is 1. The van der Waals surface area contributed by atoms with E-state index in [0.29, 0.717) is 12.2 Å². The third-order valence-electron chi connectivity index (χ3n) is 2.36. The van der Waals surface area contributed by atoms with Gasteiger partial charge in [0.25, 0.3) is 0 Å². The predicted molar refractivity (Wildman–Crippen MR) is 64.1 cm³/mol.